The minimum absolute atomic E-state index is 0.650. The van der Waals surface area contributed by atoms with Crippen molar-refractivity contribution in [3.63, 3.8) is 0 Å². The molecule has 68 valence electrons. The lowest BCUT2D eigenvalue weighted by Crippen LogP contribution is -2.12. The van der Waals surface area contributed by atoms with Gasteiger partial charge < -0.3 is 5.73 Å². The van der Waals surface area contributed by atoms with Crippen LogP contribution >= 0.6 is 11.8 Å². The molecular weight excluding hydrogens is 154 g/mol. The van der Waals surface area contributed by atoms with E-state index in [0.717, 1.165) is 6.54 Å². The topological polar surface area (TPSA) is 26.0 Å². The lowest BCUT2D eigenvalue weighted by molar-refractivity contribution is 0.705. The van der Waals surface area contributed by atoms with E-state index in [2.05, 4.69) is 13.8 Å². The zero-order valence-corrected chi connectivity index (χ0v) is 8.62. The standard InChI is InChI=1S/C9H21NS/c1-3-4-5-6-7-11-9(2)8-10/h9H,3-8,10H2,1-2H3. The number of thioether (sulfide) groups is 1. The zero-order valence-electron chi connectivity index (χ0n) is 7.81. The summed E-state index contributed by atoms with van der Waals surface area (Å²) in [5, 5.41) is 0.650. The van der Waals surface area contributed by atoms with Gasteiger partial charge in [0.1, 0.15) is 0 Å². The summed E-state index contributed by atoms with van der Waals surface area (Å²) >= 11 is 2.00. The predicted octanol–water partition coefficient (Wildman–Crippen LogP) is 2.65. The maximum atomic E-state index is 5.49. The molecule has 0 fully saturated rings. The molecule has 2 N–H and O–H groups in total. The fourth-order valence-corrected chi connectivity index (χ4v) is 1.79. The molecule has 11 heavy (non-hydrogen) atoms. The Labute approximate surface area is 75.1 Å². The molecule has 1 atom stereocenters. The van der Waals surface area contributed by atoms with E-state index in [1.807, 2.05) is 11.8 Å². The van der Waals surface area contributed by atoms with Crippen LogP contribution in [0.2, 0.25) is 0 Å². The average molecular weight is 175 g/mol. The first-order valence-corrected chi connectivity index (χ1v) is 5.67. The van der Waals surface area contributed by atoms with E-state index in [1.165, 1.54) is 31.4 Å². The Kier molecular flexibility index (Phi) is 8.64. The minimum Gasteiger partial charge on any atom is -0.329 e. The molecule has 0 radical (unpaired) electrons. The van der Waals surface area contributed by atoms with E-state index >= 15 is 0 Å². The van der Waals surface area contributed by atoms with Crippen molar-refractivity contribution >= 4 is 11.8 Å². The van der Waals surface area contributed by atoms with Crippen LogP contribution in [0, 0.1) is 0 Å². The maximum absolute atomic E-state index is 5.49. The third-order valence-corrected chi connectivity index (χ3v) is 3.02. The highest BCUT2D eigenvalue weighted by Crippen LogP contribution is 2.12. The molecule has 1 nitrogen and oxygen atoms in total. The fraction of sp³-hybridized carbons (Fsp3) is 1.00. The number of hydrogen-bond acceptors (Lipinski definition) is 2. The smallest absolute Gasteiger partial charge is 0.0141 e. The maximum Gasteiger partial charge on any atom is 0.0141 e. The van der Waals surface area contributed by atoms with Crippen LogP contribution in [0.5, 0.6) is 0 Å². The first-order chi connectivity index (χ1) is 5.31. The molecule has 2 heteroatoms. The van der Waals surface area contributed by atoms with Crippen LogP contribution in [0.25, 0.3) is 0 Å². The van der Waals surface area contributed by atoms with Gasteiger partial charge in [0.15, 0.2) is 0 Å². The molecule has 0 aliphatic carbocycles. The number of unbranched alkanes of at least 4 members (excludes halogenated alkanes) is 3. The number of nitrogens with two attached hydrogens (primary N) is 1. The molecule has 0 aromatic rings. The highest BCUT2D eigenvalue weighted by atomic mass is 32.2. The Bertz CT molecular complexity index is 76.0. The van der Waals surface area contributed by atoms with Crippen LogP contribution in [0.3, 0.4) is 0 Å². The van der Waals surface area contributed by atoms with E-state index in [-0.39, 0.29) is 0 Å². The number of hydrogen-bond donors (Lipinski definition) is 1. The van der Waals surface area contributed by atoms with Crippen molar-refractivity contribution < 1.29 is 0 Å². The van der Waals surface area contributed by atoms with Crippen LogP contribution in [0.1, 0.15) is 39.5 Å². The quantitative estimate of drug-likeness (QED) is 0.602. The van der Waals surface area contributed by atoms with E-state index < -0.39 is 0 Å². The summed E-state index contributed by atoms with van der Waals surface area (Å²) in [6, 6.07) is 0. The SMILES string of the molecule is CCCCCCSC(C)CN. The molecule has 0 aliphatic rings. The molecule has 0 rings (SSSR count). The average Bonchev–Trinajstić information content (AvgIpc) is 2.04. The van der Waals surface area contributed by atoms with E-state index in [9.17, 15) is 0 Å². The van der Waals surface area contributed by atoms with Gasteiger partial charge in [-0.3, -0.25) is 0 Å². The second-order valence-electron chi connectivity index (χ2n) is 2.98. The summed E-state index contributed by atoms with van der Waals surface area (Å²) < 4.78 is 0. The van der Waals surface area contributed by atoms with Crippen molar-refractivity contribution in [2.45, 2.75) is 44.8 Å². The second kappa shape index (κ2) is 8.41. The molecular formula is C9H21NS. The molecule has 0 amide bonds. The summed E-state index contributed by atoms with van der Waals surface area (Å²) in [6.07, 6.45) is 5.47. The minimum atomic E-state index is 0.650. The highest BCUT2D eigenvalue weighted by molar-refractivity contribution is 7.99. The van der Waals surface area contributed by atoms with Gasteiger partial charge in [-0.05, 0) is 12.2 Å². The van der Waals surface area contributed by atoms with Gasteiger partial charge in [-0.1, -0.05) is 33.1 Å². The fourth-order valence-electron chi connectivity index (χ4n) is 0.881. The first kappa shape index (κ1) is 11.3. The van der Waals surface area contributed by atoms with E-state index in [0.29, 0.717) is 5.25 Å². The normalized spacial score (nSPS) is 13.4. The van der Waals surface area contributed by atoms with Gasteiger partial charge in [-0.2, -0.15) is 11.8 Å². The van der Waals surface area contributed by atoms with Crippen LogP contribution in [-0.2, 0) is 0 Å². The van der Waals surface area contributed by atoms with E-state index in [1.54, 1.807) is 0 Å². The van der Waals surface area contributed by atoms with Crippen molar-refractivity contribution in [1.29, 1.82) is 0 Å². The van der Waals surface area contributed by atoms with Gasteiger partial charge in [0.2, 0.25) is 0 Å². The molecule has 1 unspecified atom stereocenters. The van der Waals surface area contributed by atoms with Crippen LogP contribution < -0.4 is 5.73 Å². The Morgan fingerprint density at radius 1 is 1.27 bits per heavy atom. The van der Waals surface area contributed by atoms with Gasteiger partial charge in [0, 0.05) is 11.8 Å². The van der Waals surface area contributed by atoms with Gasteiger partial charge in [0.05, 0.1) is 0 Å². The van der Waals surface area contributed by atoms with Gasteiger partial charge in [0.25, 0.3) is 0 Å². The largest absolute Gasteiger partial charge is 0.329 e. The summed E-state index contributed by atoms with van der Waals surface area (Å²) in [4.78, 5) is 0. The Morgan fingerprint density at radius 3 is 2.55 bits per heavy atom. The van der Waals surface area contributed by atoms with Crippen molar-refractivity contribution in [2.75, 3.05) is 12.3 Å². The lowest BCUT2D eigenvalue weighted by Gasteiger charge is -2.06. The molecule has 0 aliphatic heterocycles. The predicted molar refractivity (Wildman–Crippen MR) is 55.1 cm³/mol. The third-order valence-electron chi connectivity index (χ3n) is 1.73. The van der Waals surface area contributed by atoms with Gasteiger partial charge >= 0.3 is 0 Å². The Morgan fingerprint density at radius 2 is 2.00 bits per heavy atom. The highest BCUT2D eigenvalue weighted by Gasteiger charge is 1.97. The van der Waals surface area contributed by atoms with Crippen molar-refractivity contribution in [2.24, 2.45) is 5.73 Å². The van der Waals surface area contributed by atoms with Crippen LogP contribution in [0.4, 0.5) is 0 Å². The Balaban J connectivity index is 2.89. The summed E-state index contributed by atoms with van der Waals surface area (Å²) in [5.74, 6) is 1.29. The van der Waals surface area contributed by atoms with Gasteiger partial charge in [-0.15, -0.1) is 0 Å². The first-order valence-electron chi connectivity index (χ1n) is 4.63. The Hall–Kier alpha value is 0.310. The van der Waals surface area contributed by atoms with Gasteiger partial charge in [-0.25, -0.2) is 0 Å². The van der Waals surface area contributed by atoms with Crippen LogP contribution in [0.15, 0.2) is 0 Å². The second-order valence-corrected chi connectivity index (χ2v) is 4.52. The van der Waals surface area contributed by atoms with Crippen LogP contribution in [-0.4, -0.2) is 17.5 Å². The molecule has 0 spiro atoms. The van der Waals surface area contributed by atoms with Crippen molar-refractivity contribution in [1.82, 2.24) is 0 Å². The summed E-state index contributed by atoms with van der Waals surface area (Å²) in [6.45, 7) is 5.26. The van der Waals surface area contributed by atoms with Crippen molar-refractivity contribution in [3.05, 3.63) is 0 Å². The molecule has 0 saturated carbocycles. The third kappa shape index (κ3) is 8.21. The monoisotopic (exact) mass is 175 g/mol. The molecule has 0 heterocycles. The molecule has 0 saturated heterocycles. The van der Waals surface area contributed by atoms with Crippen molar-refractivity contribution in [3.8, 4) is 0 Å². The molecule has 0 bridgehead atoms. The molecule has 0 aromatic heterocycles. The summed E-state index contributed by atoms with van der Waals surface area (Å²) in [5.41, 5.74) is 5.49. The lowest BCUT2D eigenvalue weighted by atomic mass is 10.2. The zero-order chi connectivity index (χ0) is 8.53. The summed E-state index contributed by atoms with van der Waals surface area (Å²) in [7, 11) is 0. The number of rotatable bonds is 7. The molecule has 0 aromatic carbocycles. The van der Waals surface area contributed by atoms with E-state index in [4.69, 9.17) is 5.73 Å².